The van der Waals surface area contributed by atoms with Gasteiger partial charge in [0.25, 0.3) is 0 Å². The minimum Gasteiger partial charge on any atom is -0.480 e. The van der Waals surface area contributed by atoms with E-state index >= 15 is 0 Å². The third-order valence-corrected chi connectivity index (χ3v) is 2.14. The molecule has 0 spiro atoms. The molecule has 0 bridgehead atoms. The van der Waals surface area contributed by atoms with E-state index in [1.165, 1.54) is 0 Å². The Balaban J connectivity index is 3.90. The molecule has 94 valence electrons. The number of carbonyl (C=O) groups is 1. The smallest absolute Gasteiger partial charge is 0.347 e. The number of rotatable bonds is 5. The Kier molecular flexibility index (Phi) is 6.48. The van der Waals surface area contributed by atoms with Crippen molar-refractivity contribution in [2.24, 2.45) is 5.73 Å². The van der Waals surface area contributed by atoms with Crippen molar-refractivity contribution in [2.75, 3.05) is 34.7 Å². The number of nitrogens with two attached hydrogens (primary N) is 1. The molecule has 1 atom stereocenters. The van der Waals surface area contributed by atoms with Gasteiger partial charge in [0.05, 0.1) is 34.7 Å². The van der Waals surface area contributed by atoms with E-state index in [-0.39, 0.29) is 0 Å². The first-order valence-corrected chi connectivity index (χ1v) is 5.30. The van der Waals surface area contributed by atoms with Crippen LogP contribution in [-0.2, 0) is 4.79 Å². The molecule has 0 radical (unpaired) electrons. The van der Waals surface area contributed by atoms with Crippen LogP contribution in [0, 0.1) is 0 Å². The summed E-state index contributed by atoms with van der Waals surface area (Å²) < 4.78 is 1.97. The summed E-state index contributed by atoms with van der Waals surface area (Å²) >= 11 is 0. The average Bonchev–Trinajstić information content (AvgIpc) is 2.15. The number of guanidine groups is 1. The van der Waals surface area contributed by atoms with Gasteiger partial charge in [-0.2, -0.15) is 0 Å². The van der Waals surface area contributed by atoms with Crippen molar-refractivity contribution in [1.29, 1.82) is 0 Å². The lowest BCUT2D eigenvalue weighted by Gasteiger charge is -2.13. The van der Waals surface area contributed by atoms with Crippen LogP contribution in [0.5, 0.6) is 0 Å². The zero-order valence-electron chi connectivity index (χ0n) is 10.5. The first-order chi connectivity index (χ1) is 7.36. The summed E-state index contributed by atoms with van der Waals surface area (Å²) in [6.45, 7) is 0.715. The van der Waals surface area contributed by atoms with E-state index in [0.717, 1.165) is 12.4 Å². The third kappa shape index (κ3) is 5.55. The number of nitrogens with one attached hydrogen (secondary N) is 1. The van der Waals surface area contributed by atoms with Crippen LogP contribution >= 0.6 is 0 Å². The Labute approximate surface area is 96.7 Å². The van der Waals surface area contributed by atoms with E-state index < -0.39 is 12.0 Å². The summed E-state index contributed by atoms with van der Waals surface area (Å²) in [5.74, 6) is 0.0494. The molecule has 6 nitrogen and oxygen atoms in total. The number of carboxylic acids is 1. The lowest BCUT2D eigenvalue weighted by molar-refractivity contribution is -0.472. The lowest BCUT2D eigenvalue weighted by Crippen LogP contribution is -2.42. The van der Waals surface area contributed by atoms with Crippen LogP contribution in [0.15, 0.2) is 0 Å². The summed E-state index contributed by atoms with van der Waals surface area (Å²) in [7, 11) is 7.80. The normalized spacial score (nSPS) is 11.8. The predicted molar refractivity (Wildman–Crippen MR) is 63.7 cm³/mol. The second-order valence-corrected chi connectivity index (χ2v) is 4.13. The van der Waals surface area contributed by atoms with Crippen molar-refractivity contribution in [3.05, 3.63) is 0 Å². The molecule has 0 fully saturated rings. The van der Waals surface area contributed by atoms with Crippen LogP contribution in [0.4, 0.5) is 0 Å². The molecule has 0 aromatic rings. The molecule has 0 aromatic heterocycles. The van der Waals surface area contributed by atoms with E-state index in [0.29, 0.717) is 13.0 Å². The van der Waals surface area contributed by atoms with Crippen molar-refractivity contribution in [1.82, 2.24) is 10.2 Å². The second-order valence-electron chi connectivity index (χ2n) is 4.13. The fourth-order valence-electron chi connectivity index (χ4n) is 1.36. The molecule has 0 aliphatic heterocycles. The molecule has 0 heterocycles. The van der Waals surface area contributed by atoms with E-state index in [9.17, 15) is 4.79 Å². The molecular weight excluding hydrogens is 208 g/mol. The van der Waals surface area contributed by atoms with E-state index in [2.05, 4.69) is 5.32 Å². The summed E-state index contributed by atoms with van der Waals surface area (Å²) in [5, 5.41) is 11.8. The van der Waals surface area contributed by atoms with Crippen molar-refractivity contribution >= 4 is 11.9 Å². The van der Waals surface area contributed by atoms with Crippen molar-refractivity contribution in [2.45, 2.75) is 18.9 Å². The predicted octanol–water partition coefficient (Wildman–Crippen LogP) is -1.04. The van der Waals surface area contributed by atoms with Crippen LogP contribution in [0.1, 0.15) is 12.8 Å². The van der Waals surface area contributed by atoms with Gasteiger partial charge in [-0.15, -0.1) is 0 Å². The summed E-state index contributed by atoms with van der Waals surface area (Å²) in [6, 6.07) is -0.760. The standard InChI is InChI=1S/C10H22N4O2/c1-13(2)10(14(3)4)12-7-5-6-8(11)9(15)16/h8H,5-7,11H2,1-4H3,(H,15,16)/p+1. The summed E-state index contributed by atoms with van der Waals surface area (Å²) in [4.78, 5) is 12.4. The Morgan fingerprint density at radius 2 is 2.06 bits per heavy atom. The van der Waals surface area contributed by atoms with Crippen LogP contribution in [-0.4, -0.2) is 67.3 Å². The van der Waals surface area contributed by atoms with Crippen molar-refractivity contribution in [3.63, 3.8) is 0 Å². The Hall–Kier alpha value is -1.30. The van der Waals surface area contributed by atoms with Crippen molar-refractivity contribution < 1.29 is 14.5 Å². The molecule has 0 aromatic carbocycles. The van der Waals surface area contributed by atoms with Crippen LogP contribution in [0.2, 0.25) is 0 Å². The Morgan fingerprint density at radius 1 is 1.50 bits per heavy atom. The van der Waals surface area contributed by atoms with Gasteiger partial charge < -0.3 is 10.8 Å². The van der Waals surface area contributed by atoms with Crippen LogP contribution in [0.25, 0.3) is 0 Å². The molecule has 0 amide bonds. The van der Waals surface area contributed by atoms with Gasteiger partial charge in [0, 0.05) is 0 Å². The van der Waals surface area contributed by atoms with Gasteiger partial charge in [0.1, 0.15) is 6.04 Å². The Morgan fingerprint density at radius 3 is 2.44 bits per heavy atom. The minimum absolute atomic E-state index is 0.483. The quantitative estimate of drug-likeness (QED) is 0.244. The highest BCUT2D eigenvalue weighted by molar-refractivity contribution is 5.74. The van der Waals surface area contributed by atoms with Crippen LogP contribution in [0.3, 0.4) is 0 Å². The maximum absolute atomic E-state index is 10.5. The number of hydrogen-bond acceptors (Lipinski definition) is 2. The highest BCUT2D eigenvalue weighted by Crippen LogP contribution is 1.93. The van der Waals surface area contributed by atoms with Gasteiger partial charge >= 0.3 is 11.9 Å². The van der Waals surface area contributed by atoms with Crippen molar-refractivity contribution in [3.8, 4) is 0 Å². The lowest BCUT2D eigenvalue weighted by atomic mass is 10.2. The topological polar surface area (TPSA) is 81.6 Å². The number of hydrogen-bond donors (Lipinski definition) is 3. The molecule has 0 saturated carbocycles. The van der Waals surface area contributed by atoms with Gasteiger partial charge in [0.15, 0.2) is 0 Å². The fraction of sp³-hybridized carbons (Fsp3) is 0.800. The van der Waals surface area contributed by atoms with Gasteiger partial charge in [-0.1, -0.05) is 0 Å². The monoisotopic (exact) mass is 231 g/mol. The summed E-state index contributed by atoms with van der Waals surface area (Å²) in [5.41, 5.74) is 5.40. The maximum Gasteiger partial charge on any atom is 0.347 e. The average molecular weight is 231 g/mol. The Bertz CT molecular complexity index is 260. The van der Waals surface area contributed by atoms with E-state index in [4.69, 9.17) is 10.8 Å². The molecule has 16 heavy (non-hydrogen) atoms. The van der Waals surface area contributed by atoms with Gasteiger partial charge in [0.2, 0.25) is 0 Å². The van der Waals surface area contributed by atoms with Crippen LogP contribution < -0.4 is 11.1 Å². The largest absolute Gasteiger partial charge is 0.480 e. The molecule has 0 saturated heterocycles. The zero-order valence-corrected chi connectivity index (χ0v) is 10.5. The fourth-order valence-corrected chi connectivity index (χ4v) is 1.36. The molecule has 0 aliphatic rings. The summed E-state index contributed by atoms with van der Waals surface area (Å²) in [6.07, 6.45) is 1.22. The first kappa shape index (κ1) is 14.7. The zero-order chi connectivity index (χ0) is 12.7. The molecule has 6 heteroatoms. The molecular formula is C10H23N4O2+. The molecule has 0 aliphatic carbocycles. The third-order valence-electron chi connectivity index (χ3n) is 2.14. The molecule has 0 rings (SSSR count). The SMILES string of the molecule is CN(C)C(NCCCC(N)C(=O)O)=[N+](C)C. The minimum atomic E-state index is -0.940. The first-order valence-electron chi connectivity index (χ1n) is 5.30. The number of nitrogens with zero attached hydrogens (tertiary/aromatic N) is 2. The van der Waals surface area contributed by atoms with Gasteiger partial charge in [-0.05, 0) is 12.8 Å². The maximum atomic E-state index is 10.5. The number of carboxylic acid groups (broad SMARTS) is 1. The van der Waals surface area contributed by atoms with E-state index in [1.807, 2.05) is 37.7 Å². The number of aliphatic carboxylic acids is 1. The molecule has 4 N–H and O–H groups in total. The van der Waals surface area contributed by atoms with Gasteiger partial charge in [-0.25, -0.2) is 0 Å². The molecule has 1 unspecified atom stereocenters. The second kappa shape index (κ2) is 7.05. The van der Waals surface area contributed by atoms with E-state index in [1.54, 1.807) is 0 Å². The van der Waals surface area contributed by atoms with Gasteiger partial charge in [-0.3, -0.25) is 19.6 Å². The highest BCUT2D eigenvalue weighted by atomic mass is 16.4. The highest BCUT2D eigenvalue weighted by Gasteiger charge is 2.13.